The number of carbonyl (C=O) groups excluding carboxylic acids is 1. The van der Waals surface area contributed by atoms with Gasteiger partial charge in [-0.3, -0.25) is 0 Å². The Morgan fingerprint density at radius 3 is 2.81 bits per heavy atom. The molecule has 0 aliphatic carbocycles. The van der Waals surface area contributed by atoms with E-state index in [0.717, 1.165) is 22.9 Å². The lowest BCUT2D eigenvalue weighted by Crippen LogP contribution is -2.01. The van der Waals surface area contributed by atoms with E-state index in [1.807, 2.05) is 6.26 Å². The van der Waals surface area contributed by atoms with Crippen molar-refractivity contribution in [3.8, 4) is 0 Å². The molecule has 90 valence electrons. The van der Waals surface area contributed by atoms with Gasteiger partial charge < -0.3 is 15.8 Å². The largest absolute Gasteiger partial charge is 0.465 e. The average Bonchev–Trinajstić information content (AvgIpc) is 2.62. The van der Waals surface area contributed by atoms with Crippen LogP contribution in [0.3, 0.4) is 0 Å². The lowest BCUT2D eigenvalue weighted by molar-refractivity contribution is 0.0607. The molecule has 6 heteroatoms. The molecule has 0 saturated heterocycles. The Balaban J connectivity index is 3.04. The molecule has 1 aromatic heterocycles. The van der Waals surface area contributed by atoms with Crippen molar-refractivity contribution >= 4 is 39.8 Å². The van der Waals surface area contributed by atoms with E-state index in [9.17, 15) is 4.79 Å². The van der Waals surface area contributed by atoms with Crippen LogP contribution in [0.25, 0.3) is 0 Å². The highest BCUT2D eigenvalue weighted by Crippen LogP contribution is 2.41. The Kier molecular flexibility index (Phi) is 4.95. The molecule has 4 nitrogen and oxygen atoms in total. The smallest absolute Gasteiger partial charge is 0.350 e. The second-order valence-corrected chi connectivity index (χ2v) is 4.96. The summed E-state index contributed by atoms with van der Waals surface area (Å²) >= 11 is 2.89. The summed E-state index contributed by atoms with van der Waals surface area (Å²) < 4.78 is 4.69. The lowest BCUT2D eigenvalue weighted by Gasteiger charge is -2.03. The Morgan fingerprint density at radius 1 is 1.62 bits per heavy atom. The van der Waals surface area contributed by atoms with E-state index in [1.165, 1.54) is 30.2 Å². The van der Waals surface area contributed by atoms with E-state index < -0.39 is 0 Å². The SMILES string of the molecule is CCCNc1sc(C(=O)OC)c(N)c1SC. The minimum Gasteiger partial charge on any atom is -0.465 e. The monoisotopic (exact) mass is 260 g/mol. The van der Waals surface area contributed by atoms with Crippen molar-refractivity contribution in [1.82, 2.24) is 0 Å². The van der Waals surface area contributed by atoms with E-state index >= 15 is 0 Å². The molecule has 0 aliphatic rings. The summed E-state index contributed by atoms with van der Waals surface area (Å²) in [5.74, 6) is -0.373. The first-order valence-electron chi connectivity index (χ1n) is 4.94. The molecule has 16 heavy (non-hydrogen) atoms. The van der Waals surface area contributed by atoms with Crippen LogP contribution >= 0.6 is 23.1 Å². The van der Waals surface area contributed by atoms with Crippen LogP contribution in [0.2, 0.25) is 0 Å². The lowest BCUT2D eigenvalue weighted by atomic mass is 10.4. The average molecular weight is 260 g/mol. The minimum atomic E-state index is -0.373. The molecule has 0 unspecified atom stereocenters. The van der Waals surface area contributed by atoms with Crippen LogP contribution in [0.4, 0.5) is 10.7 Å². The van der Waals surface area contributed by atoms with E-state index in [4.69, 9.17) is 5.73 Å². The van der Waals surface area contributed by atoms with Gasteiger partial charge in [0.25, 0.3) is 0 Å². The van der Waals surface area contributed by atoms with Crippen LogP contribution in [0.1, 0.15) is 23.0 Å². The number of methoxy groups -OCH3 is 1. The maximum Gasteiger partial charge on any atom is 0.350 e. The standard InChI is InChI=1S/C10H16N2O2S2/c1-4-5-12-9-7(15-3)6(11)8(16-9)10(13)14-2/h12H,4-5,11H2,1-3H3. The highest BCUT2D eigenvalue weighted by Gasteiger charge is 2.20. The number of anilines is 2. The van der Waals surface area contributed by atoms with Gasteiger partial charge in [0.15, 0.2) is 0 Å². The second-order valence-electron chi connectivity index (χ2n) is 3.13. The van der Waals surface area contributed by atoms with Gasteiger partial charge in [-0.2, -0.15) is 0 Å². The molecule has 0 amide bonds. The number of carbonyl (C=O) groups is 1. The zero-order valence-electron chi connectivity index (χ0n) is 9.62. The molecule has 0 aromatic carbocycles. The van der Waals surface area contributed by atoms with Crippen LogP contribution in [-0.2, 0) is 4.74 Å². The van der Waals surface area contributed by atoms with Gasteiger partial charge in [-0.1, -0.05) is 6.92 Å². The molecular weight excluding hydrogens is 244 g/mol. The Bertz CT molecular complexity index is 377. The molecule has 0 radical (unpaired) electrons. The number of thiophene rings is 1. The summed E-state index contributed by atoms with van der Waals surface area (Å²) in [6.45, 7) is 2.96. The fourth-order valence-electron chi connectivity index (χ4n) is 1.23. The first kappa shape index (κ1) is 13.2. The number of nitrogen functional groups attached to an aromatic ring is 1. The van der Waals surface area contributed by atoms with Gasteiger partial charge in [-0.25, -0.2) is 4.79 Å². The molecule has 3 N–H and O–H groups in total. The third kappa shape index (κ3) is 2.62. The summed E-state index contributed by atoms with van der Waals surface area (Å²) in [4.78, 5) is 12.9. The Morgan fingerprint density at radius 2 is 2.31 bits per heavy atom. The molecule has 0 fully saturated rings. The summed E-state index contributed by atoms with van der Waals surface area (Å²) in [6.07, 6.45) is 2.97. The van der Waals surface area contributed by atoms with E-state index in [1.54, 1.807) is 0 Å². The van der Waals surface area contributed by atoms with Gasteiger partial charge in [-0.15, -0.1) is 23.1 Å². The predicted molar refractivity (Wildman–Crippen MR) is 70.6 cm³/mol. The molecular formula is C10H16N2O2S2. The van der Waals surface area contributed by atoms with Crippen molar-refractivity contribution in [1.29, 1.82) is 0 Å². The van der Waals surface area contributed by atoms with Crippen LogP contribution in [-0.4, -0.2) is 25.9 Å². The van der Waals surface area contributed by atoms with Crippen molar-refractivity contribution in [2.45, 2.75) is 18.2 Å². The highest BCUT2D eigenvalue weighted by molar-refractivity contribution is 7.99. The van der Waals surface area contributed by atoms with E-state index in [0.29, 0.717) is 10.6 Å². The predicted octanol–water partition coefficient (Wildman–Crippen LogP) is 2.66. The second kappa shape index (κ2) is 6.00. The first-order chi connectivity index (χ1) is 7.65. The number of nitrogens with one attached hydrogen (secondary N) is 1. The number of thioether (sulfide) groups is 1. The molecule has 0 spiro atoms. The van der Waals surface area contributed by atoms with Crippen LogP contribution in [0.15, 0.2) is 4.90 Å². The number of hydrogen-bond donors (Lipinski definition) is 2. The normalized spacial score (nSPS) is 10.2. The summed E-state index contributed by atoms with van der Waals surface area (Å²) in [5.41, 5.74) is 6.43. The fourth-order valence-corrected chi connectivity index (χ4v) is 3.21. The third-order valence-corrected chi connectivity index (χ3v) is 4.11. The number of hydrogen-bond acceptors (Lipinski definition) is 6. The van der Waals surface area contributed by atoms with Gasteiger partial charge in [0.2, 0.25) is 0 Å². The van der Waals surface area contributed by atoms with E-state index in [2.05, 4.69) is 17.0 Å². The van der Waals surface area contributed by atoms with Crippen LogP contribution < -0.4 is 11.1 Å². The van der Waals surface area contributed by atoms with E-state index in [-0.39, 0.29) is 5.97 Å². The number of rotatable bonds is 5. The zero-order chi connectivity index (χ0) is 12.1. The van der Waals surface area contributed by atoms with Crippen molar-refractivity contribution in [3.05, 3.63) is 4.88 Å². The number of nitrogens with two attached hydrogens (primary N) is 1. The first-order valence-corrected chi connectivity index (χ1v) is 6.98. The minimum absolute atomic E-state index is 0.373. The molecule has 1 rings (SSSR count). The van der Waals surface area contributed by atoms with Crippen molar-refractivity contribution in [2.75, 3.05) is 31.0 Å². The number of ether oxygens (including phenoxy) is 1. The summed E-state index contributed by atoms with van der Waals surface area (Å²) in [6, 6.07) is 0. The fraction of sp³-hybridized carbons (Fsp3) is 0.500. The van der Waals surface area contributed by atoms with Crippen molar-refractivity contribution in [2.24, 2.45) is 0 Å². The van der Waals surface area contributed by atoms with Gasteiger partial charge >= 0.3 is 5.97 Å². The van der Waals surface area contributed by atoms with Gasteiger partial charge in [0.1, 0.15) is 9.88 Å². The maximum absolute atomic E-state index is 11.5. The molecule has 1 heterocycles. The molecule has 0 atom stereocenters. The van der Waals surface area contributed by atoms with Gasteiger partial charge in [-0.05, 0) is 12.7 Å². The Hall–Kier alpha value is -0.880. The van der Waals surface area contributed by atoms with Gasteiger partial charge in [0, 0.05) is 6.54 Å². The zero-order valence-corrected chi connectivity index (χ0v) is 11.3. The quantitative estimate of drug-likeness (QED) is 0.629. The molecule has 1 aromatic rings. The number of esters is 1. The molecule has 0 bridgehead atoms. The topological polar surface area (TPSA) is 64.3 Å². The Labute approximate surface area is 104 Å². The third-order valence-electron chi connectivity index (χ3n) is 2.01. The molecule has 0 aliphatic heterocycles. The summed E-state index contributed by atoms with van der Waals surface area (Å²) in [7, 11) is 1.36. The van der Waals surface area contributed by atoms with Gasteiger partial charge in [0.05, 0.1) is 17.7 Å². The van der Waals surface area contributed by atoms with Crippen LogP contribution in [0, 0.1) is 0 Å². The van der Waals surface area contributed by atoms with Crippen molar-refractivity contribution < 1.29 is 9.53 Å². The highest BCUT2D eigenvalue weighted by atomic mass is 32.2. The van der Waals surface area contributed by atoms with Crippen LogP contribution in [0.5, 0.6) is 0 Å². The molecule has 0 saturated carbocycles. The maximum atomic E-state index is 11.5. The van der Waals surface area contributed by atoms with Crippen molar-refractivity contribution in [3.63, 3.8) is 0 Å². The summed E-state index contributed by atoms with van der Waals surface area (Å²) in [5, 5.41) is 4.22.